The van der Waals surface area contributed by atoms with E-state index in [4.69, 9.17) is 0 Å². The predicted octanol–water partition coefficient (Wildman–Crippen LogP) is 2.62. The fourth-order valence-corrected chi connectivity index (χ4v) is 5.30. The first-order valence-corrected chi connectivity index (χ1v) is 12.5. The highest BCUT2D eigenvalue weighted by Crippen LogP contribution is 2.23. The molecule has 0 radical (unpaired) electrons. The average Bonchev–Trinajstić information content (AvgIpc) is 2.73. The molecular formula is C21H27N3O5S2. The monoisotopic (exact) mass is 465 g/mol. The molecule has 8 nitrogen and oxygen atoms in total. The Morgan fingerprint density at radius 2 is 1.48 bits per heavy atom. The van der Waals surface area contributed by atoms with Crippen molar-refractivity contribution in [2.45, 2.75) is 23.6 Å². The summed E-state index contributed by atoms with van der Waals surface area (Å²) in [5.41, 5.74) is 0.800. The highest BCUT2D eigenvalue weighted by Gasteiger charge is 2.22. The van der Waals surface area contributed by atoms with Crippen LogP contribution in [-0.4, -0.2) is 58.5 Å². The van der Waals surface area contributed by atoms with E-state index in [1.54, 1.807) is 38.1 Å². The summed E-state index contributed by atoms with van der Waals surface area (Å²) in [5.74, 6) is -0.513. The van der Waals surface area contributed by atoms with E-state index in [0.29, 0.717) is 18.7 Å². The maximum absolute atomic E-state index is 12.5. The van der Waals surface area contributed by atoms with Crippen LogP contribution in [0.3, 0.4) is 0 Å². The predicted molar refractivity (Wildman–Crippen MR) is 122 cm³/mol. The van der Waals surface area contributed by atoms with Crippen LogP contribution in [0, 0.1) is 0 Å². The number of rotatable bonds is 9. The number of anilines is 1. The van der Waals surface area contributed by atoms with E-state index < -0.39 is 26.0 Å². The van der Waals surface area contributed by atoms with E-state index in [0.717, 1.165) is 4.31 Å². The third-order valence-corrected chi connectivity index (χ3v) is 8.49. The molecule has 0 saturated heterocycles. The Morgan fingerprint density at radius 3 is 2.03 bits per heavy atom. The number of nitrogens with zero attached hydrogens (tertiary/aromatic N) is 2. The first-order chi connectivity index (χ1) is 14.5. The molecule has 0 bridgehead atoms. The molecule has 0 heterocycles. The zero-order chi connectivity index (χ0) is 23.2. The molecule has 168 valence electrons. The van der Waals surface area contributed by atoms with E-state index >= 15 is 0 Å². The van der Waals surface area contributed by atoms with Gasteiger partial charge in [0.1, 0.15) is 4.90 Å². The van der Waals surface area contributed by atoms with E-state index in [9.17, 15) is 21.6 Å². The van der Waals surface area contributed by atoms with Crippen LogP contribution in [0.4, 0.5) is 5.69 Å². The van der Waals surface area contributed by atoms with Crippen molar-refractivity contribution < 1.29 is 21.6 Å². The molecule has 0 spiro atoms. The summed E-state index contributed by atoms with van der Waals surface area (Å²) in [6, 6.07) is 12.3. The first kappa shape index (κ1) is 24.7. The van der Waals surface area contributed by atoms with Gasteiger partial charge >= 0.3 is 0 Å². The molecule has 0 atom stereocenters. The van der Waals surface area contributed by atoms with Gasteiger partial charge in [-0.2, -0.15) is 4.31 Å². The lowest BCUT2D eigenvalue weighted by Gasteiger charge is -2.18. The highest BCUT2D eigenvalue weighted by molar-refractivity contribution is 7.89. The van der Waals surface area contributed by atoms with Gasteiger partial charge in [-0.25, -0.2) is 21.1 Å². The van der Waals surface area contributed by atoms with Crippen molar-refractivity contribution in [1.29, 1.82) is 0 Å². The van der Waals surface area contributed by atoms with E-state index in [1.807, 2.05) is 0 Å². The summed E-state index contributed by atoms with van der Waals surface area (Å²) < 4.78 is 52.3. The summed E-state index contributed by atoms with van der Waals surface area (Å²) in [5, 5.41) is 2.57. The largest absolute Gasteiger partial charge is 0.321 e. The molecule has 0 saturated carbocycles. The van der Waals surface area contributed by atoms with Gasteiger partial charge in [0.25, 0.3) is 0 Å². The Kier molecular flexibility index (Phi) is 8.13. The lowest BCUT2D eigenvalue weighted by molar-refractivity contribution is -0.111. The van der Waals surface area contributed by atoms with Crippen LogP contribution >= 0.6 is 0 Å². The number of amides is 1. The maximum Gasteiger partial charge on any atom is 0.248 e. The Hall–Kier alpha value is -2.53. The SMILES string of the molecule is CCN(CC)S(=O)(=O)c1ccc(/C=C/C(=O)Nc2ccccc2S(=O)(=O)N(C)C)cc1. The number of hydrogen-bond donors (Lipinski definition) is 1. The fraction of sp³-hybridized carbons (Fsp3) is 0.286. The van der Waals surface area contributed by atoms with E-state index in [1.165, 1.54) is 54.8 Å². The molecule has 0 fully saturated rings. The Balaban J connectivity index is 2.17. The molecule has 0 unspecified atom stereocenters. The molecular weight excluding hydrogens is 438 g/mol. The number of para-hydroxylation sites is 1. The zero-order valence-corrected chi connectivity index (χ0v) is 19.6. The fourth-order valence-electron chi connectivity index (χ4n) is 2.80. The summed E-state index contributed by atoms with van der Waals surface area (Å²) in [7, 11) is -4.43. The van der Waals surface area contributed by atoms with Crippen LogP contribution in [0.2, 0.25) is 0 Å². The standard InChI is InChI=1S/C21H27N3O5S2/c1-5-24(6-2)30(26,27)18-14-11-17(12-15-18)13-16-21(25)22-19-9-7-8-10-20(19)31(28,29)23(3)4/h7-16H,5-6H2,1-4H3,(H,22,25)/b16-13+. The topological polar surface area (TPSA) is 104 Å². The second-order valence-electron chi connectivity index (χ2n) is 6.76. The van der Waals surface area contributed by atoms with Crippen LogP contribution in [-0.2, 0) is 24.8 Å². The molecule has 0 aliphatic rings. The third kappa shape index (κ3) is 5.79. The van der Waals surface area contributed by atoms with Gasteiger partial charge in [-0.05, 0) is 35.9 Å². The van der Waals surface area contributed by atoms with Crippen molar-refractivity contribution >= 4 is 37.7 Å². The van der Waals surface area contributed by atoms with E-state index in [-0.39, 0.29) is 15.5 Å². The maximum atomic E-state index is 12.5. The van der Waals surface area contributed by atoms with Gasteiger partial charge in [-0.3, -0.25) is 4.79 Å². The highest BCUT2D eigenvalue weighted by atomic mass is 32.2. The smallest absolute Gasteiger partial charge is 0.248 e. The summed E-state index contributed by atoms with van der Waals surface area (Å²) in [6.45, 7) is 4.31. The summed E-state index contributed by atoms with van der Waals surface area (Å²) >= 11 is 0. The molecule has 2 aromatic carbocycles. The molecule has 1 N–H and O–H groups in total. The third-order valence-electron chi connectivity index (χ3n) is 4.55. The second kappa shape index (κ2) is 10.2. The lowest BCUT2D eigenvalue weighted by atomic mass is 10.2. The summed E-state index contributed by atoms with van der Waals surface area (Å²) in [6.07, 6.45) is 2.78. The number of carbonyl (C=O) groups excluding carboxylic acids is 1. The van der Waals surface area contributed by atoms with Crippen molar-refractivity contribution in [3.05, 3.63) is 60.2 Å². The van der Waals surface area contributed by atoms with Crippen molar-refractivity contribution in [1.82, 2.24) is 8.61 Å². The number of nitrogens with one attached hydrogen (secondary N) is 1. The summed E-state index contributed by atoms with van der Waals surface area (Å²) in [4.78, 5) is 12.5. The number of sulfonamides is 2. The van der Waals surface area contributed by atoms with Crippen molar-refractivity contribution in [2.24, 2.45) is 0 Å². The van der Waals surface area contributed by atoms with Gasteiger partial charge in [0.15, 0.2) is 0 Å². The average molecular weight is 466 g/mol. The second-order valence-corrected chi connectivity index (χ2v) is 10.8. The molecule has 2 rings (SSSR count). The normalized spacial score (nSPS) is 12.6. The van der Waals surface area contributed by atoms with Crippen molar-refractivity contribution in [2.75, 3.05) is 32.5 Å². The molecule has 1 amide bonds. The Labute approximate surface area is 184 Å². The van der Waals surface area contributed by atoms with Crippen LogP contribution in [0.5, 0.6) is 0 Å². The van der Waals surface area contributed by atoms with Crippen LogP contribution in [0.15, 0.2) is 64.4 Å². The molecule has 0 aromatic heterocycles. The molecule has 2 aromatic rings. The van der Waals surface area contributed by atoms with Gasteiger partial charge in [0.2, 0.25) is 26.0 Å². The molecule has 0 aliphatic carbocycles. The number of carbonyl (C=O) groups is 1. The van der Waals surface area contributed by atoms with E-state index in [2.05, 4.69) is 5.32 Å². The van der Waals surface area contributed by atoms with Crippen LogP contribution in [0.1, 0.15) is 19.4 Å². The number of hydrogen-bond acceptors (Lipinski definition) is 5. The van der Waals surface area contributed by atoms with Gasteiger partial charge < -0.3 is 5.32 Å². The number of benzene rings is 2. The first-order valence-electron chi connectivity index (χ1n) is 9.64. The van der Waals surface area contributed by atoms with Gasteiger partial charge in [0.05, 0.1) is 10.6 Å². The lowest BCUT2D eigenvalue weighted by Crippen LogP contribution is -2.30. The minimum atomic E-state index is -3.72. The van der Waals surface area contributed by atoms with Crippen LogP contribution < -0.4 is 5.32 Å². The minimum Gasteiger partial charge on any atom is -0.321 e. The molecule has 31 heavy (non-hydrogen) atoms. The zero-order valence-electron chi connectivity index (χ0n) is 17.9. The van der Waals surface area contributed by atoms with Gasteiger partial charge in [0, 0.05) is 33.3 Å². The Bertz CT molecular complexity index is 1150. The Morgan fingerprint density at radius 1 is 0.903 bits per heavy atom. The quantitative estimate of drug-likeness (QED) is 0.574. The van der Waals surface area contributed by atoms with Gasteiger partial charge in [-0.15, -0.1) is 0 Å². The minimum absolute atomic E-state index is 0.00675. The van der Waals surface area contributed by atoms with Crippen molar-refractivity contribution in [3.8, 4) is 0 Å². The van der Waals surface area contributed by atoms with Crippen molar-refractivity contribution in [3.63, 3.8) is 0 Å². The van der Waals surface area contributed by atoms with Crippen LogP contribution in [0.25, 0.3) is 6.08 Å². The molecule has 10 heteroatoms. The van der Waals surface area contributed by atoms with Gasteiger partial charge in [-0.1, -0.05) is 38.1 Å². The molecule has 0 aliphatic heterocycles.